The molecular weight excluding hydrogens is 264 g/mol. The van der Waals surface area contributed by atoms with E-state index in [-0.39, 0.29) is 0 Å². The van der Waals surface area contributed by atoms with Crippen LogP contribution in [0.25, 0.3) is 0 Å². The van der Waals surface area contributed by atoms with Gasteiger partial charge in [0.15, 0.2) is 0 Å². The highest BCUT2D eigenvalue weighted by molar-refractivity contribution is 9.10. The first-order valence-corrected chi connectivity index (χ1v) is 6.52. The van der Waals surface area contributed by atoms with Crippen molar-refractivity contribution in [3.63, 3.8) is 0 Å². The Morgan fingerprint density at radius 1 is 1.56 bits per heavy atom. The van der Waals surface area contributed by atoms with Crippen LogP contribution in [0.1, 0.15) is 37.8 Å². The summed E-state index contributed by atoms with van der Waals surface area (Å²) in [5, 5.41) is 3.54. The molecule has 1 aromatic rings. The van der Waals surface area contributed by atoms with Crippen molar-refractivity contribution in [3.8, 4) is 0 Å². The second kappa shape index (κ2) is 7.58. The monoisotopic (exact) mass is 282 g/mol. The first kappa shape index (κ1) is 13.4. The molecule has 0 aliphatic rings. The summed E-state index contributed by atoms with van der Waals surface area (Å²) in [6, 6.07) is 2.51. The van der Waals surface area contributed by atoms with Gasteiger partial charge in [0, 0.05) is 22.9 Å². The van der Waals surface area contributed by atoms with Crippen molar-refractivity contribution in [1.82, 2.24) is 10.3 Å². The molecule has 1 atom stereocenters. The molecule has 0 aliphatic heterocycles. The predicted molar refractivity (Wildman–Crippen MR) is 72.4 cm³/mol. The lowest BCUT2D eigenvalue weighted by molar-refractivity contribution is 0.501. The summed E-state index contributed by atoms with van der Waals surface area (Å²) >= 11 is 3.46. The lowest BCUT2D eigenvalue weighted by Gasteiger charge is -2.18. The van der Waals surface area contributed by atoms with Gasteiger partial charge in [-0.05, 0) is 53.4 Å². The fraction of sp³-hybridized carbons (Fsp3) is 0.462. The third-order valence-corrected chi connectivity index (χ3v) is 2.86. The molecule has 1 unspecified atom stereocenters. The molecule has 0 amide bonds. The highest BCUT2D eigenvalue weighted by atomic mass is 79.9. The molecule has 0 aromatic carbocycles. The van der Waals surface area contributed by atoms with Gasteiger partial charge in [-0.15, -0.1) is 6.58 Å². The van der Waals surface area contributed by atoms with Gasteiger partial charge in [0.05, 0.1) is 0 Å². The zero-order valence-electron chi connectivity index (χ0n) is 9.75. The van der Waals surface area contributed by atoms with Gasteiger partial charge in [-0.25, -0.2) is 0 Å². The van der Waals surface area contributed by atoms with Gasteiger partial charge in [-0.2, -0.15) is 0 Å². The van der Waals surface area contributed by atoms with Crippen LogP contribution in [0.4, 0.5) is 0 Å². The van der Waals surface area contributed by atoms with Gasteiger partial charge in [-0.3, -0.25) is 4.98 Å². The van der Waals surface area contributed by atoms with E-state index in [0.29, 0.717) is 6.04 Å². The number of halogens is 1. The molecule has 3 heteroatoms. The van der Waals surface area contributed by atoms with Crippen LogP contribution in [-0.2, 0) is 0 Å². The second-order valence-corrected chi connectivity index (χ2v) is 4.72. The third-order valence-electron chi connectivity index (χ3n) is 2.43. The largest absolute Gasteiger partial charge is 0.310 e. The van der Waals surface area contributed by atoms with E-state index in [4.69, 9.17) is 0 Å². The summed E-state index contributed by atoms with van der Waals surface area (Å²) in [7, 11) is 0. The Kier molecular flexibility index (Phi) is 6.34. The molecule has 16 heavy (non-hydrogen) atoms. The first-order valence-electron chi connectivity index (χ1n) is 5.72. The lowest BCUT2D eigenvalue weighted by Crippen LogP contribution is -2.22. The summed E-state index contributed by atoms with van der Waals surface area (Å²) < 4.78 is 1.03. The molecule has 0 saturated heterocycles. The normalized spacial score (nSPS) is 12.4. The molecular formula is C13H19BrN2. The molecule has 0 fully saturated rings. The minimum atomic E-state index is 0.378. The maximum Gasteiger partial charge on any atom is 0.0410 e. The van der Waals surface area contributed by atoms with Gasteiger partial charge >= 0.3 is 0 Å². The van der Waals surface area contributed by atoms with Crippen molar-refractivity contribution in [2.24, 2.45) is 0 Å². The summed E-state index contributed by atoms with van der Waals surface area (Å²) in [4.78, 5) is 4.21. The van der Waals surface area contributed by atoms with Crippen LogP contribution < -0.4 is 5.32 Å². The van der Waals surface area contributed by atoms with Crippen LogP contribution >= 0.6 is 15.9 Å². The maximum atomic E-state index is 4.21. The molecule has 1 heterocycles. The van der Waals surface area contributed by atoms with Crippen molar-refractivity contribution < 1.29 is 0 Å². The Labute approximate surface area is 106 Å². The van der Waals surface area contributed by atoms with E-state index in [1.54, 1.807) is 0 Å². The maximum absolute atomic E-state index is 4.21. The van der Waals surface area contributed by atoms with Crippen LogP contribution in [-0.4, -0.2) is 11.5 Å². The number of nitrogens with zero attached hydrogens (tertiary/aromatic N) is 1. The van der Waals surface area contributed by atoms with Gasteiger partial charge in [0.1, 0.15) is 0 Å². The quantitative estimate of drug-likeness (QED) is 0.769. The Balaban J connectivity index is 2.69. The number of aromatic nitrogens is 1. The Morgan fingerprint density at radius 2 is 2.38 bits per heavy atom. The van der Waals surface area contributed by atoms with Gasteiger partial charge in [0.25, 0.3) is 0 Å². The number of nitrogens with one attached hydrogen (secondary N) is 1. The van der Waals surface area contributed by atoms with Crippen molar-refractivity contribution >= 4 is 15.9 Å². The molecule has 2 nitrogen and oxygen atoms in total. The van der Waals surface area contributed by atoms with Crippen molar-refractivity contribution in [2.75, 3.05) is 6.54 Å². The highest BCUT2D eigenvalue weighted by Gasteiger charge is 2.10. The van der Waals surface area contributed by atoms with Gasteiger partial charge in [0.2, 0.25) is 0 Å². The molecule has 0 bridgehead atoms. The number of hydrogen-bond donors (Lipinski definition) is 1. The Morgan fingerprint density at radius 3 is 3.00 bits per heavy atom. The molecule has 0 spiro atoms. The number of rotatable bonds is 7. The van der Waals surface area contributed by atoms with Crippen LogP contribution in [0.15, 0.2) is 35.6 Å². The van der Waals surface area contributed by atoms with E-state index in [9.17, 15) is 0 Å². The van der Waals surface area contributed by atoms with Gasteiger partial charge < -0.3 is 5.32 Å². The van der Waals surface area contributed by atoms with Crippen LogP contribution in [0.2, 0.25) is 0 Å². The third kappa shape index (κ3) is 4.45. The second-order valence-electron chi connectivity index (χ2n) is 3.81. The van der Waals surface area contributed by atoms with Crippen molar-refractivity contribution in [1.29, 1.82) is 0 Å². The van der Waals surface area contributed by atoms with E-state index in [0.717, 1.165) is 30.3 Å². The molecule has 0 saturated carbocycles. The summed E-state index contributed by atoms with van der Waals surface area (Å²) in [5.41, 5.74) is 1.24. The number of pyridine rings is 1. The molecule has 1 N–H and O–H groups in total. The Hall–Kier alpha value is -0.670. The van der Waals surface area contributed by atoms with Crippen molar-refractivity contribution in [2.45, 2.75) is 32.2 Å². The lowest BCUT2D eigenvalue weighted by atomic mass is 10.0. The number of allylic oxidation sites excluding steroid dienone is 1. The topological polar surface area (TPSA) is 24.9 Å². The molecule has 1 aromatic heterocycles. The molecule has 0 aliphatic carbocycles. The number of hydrogen-bond acceptors (Lipinski definition) is 2. The summed E-state index contributed by atoms with van der Waals surface area (Å²) in [6.45, 7) is 6.98. The zero-order valence-corrected chi connectivity index (χ0v) is 11.3. The molecule has 88 valence electrons. The van der Waals surface area contributed by atoms with Crippen molar-refractivity contribution in [3.05, 3.63) is 41.2 Å². The molecule has 1 rings (SSSR count). The van der Waals surface area contributed by atoms with E-state index in [1.807, 2.05) is 18.5 Å². The minimum Gasteiger partial charge on any atom is -0.310 e. The molecule has 0 radical (unpaired) electrons. The summed E-state index contributed by atoms with van der Waals surface area (Å²) in [6.07, 6.45) is 8.95. The average Bonchev–Trinajstić information content (AvgIpc) is 2.29. The standard InChI is InChI=1S/C13H19BrN2/c1-3-5-6-13(16-7-4-2)11-8-12(14)10-15-9-11/h3,8-10,13,16H,1,4-7H2,2H3. The highest BCUT2D eigenvalue weighted by Crippen LogP contribution is 2.21. The van der Waals surface area contributed by atoms with E-state index in [1.165, 1.54) is 5.56 Å². The van der Waals surface area contributed by atoms with Crippen LogP contribution in [0.5, 0.6) is 0 Å². The predicted octanol–water partition coefficient (Wildman–Crippen LogP) is 3.85. The SMILES string of the molecule is C=CCCC(NCCC)c1cncc(Br)c1. The van der Waals surface area contributed by atoms with Crippen LogP contribution in [0, 0.1) is 0 Å². The van der Waals surface area contributed by atoms with Gasteiger partial charge in [-0.1, -0.05) is 13.0 Å². The van der Waals surface area contributed by atoms with E-state index in [2.05, 4.69) is 45.8 Å². The first-order chi connectivity index (χ1) is 7.77. The smallest absolute Gasteiger partial charge is 0.0410 e. The van der Waals surface area contributed by atoms with E-state index >= 15 is 0 Å². The van der Waals surface area contributed by atoms with E-state index < -0.39 is 0 Å². The average molecular weight is 283 g/mol. The fourth-order valence-corrected chi connectivity index (χ4v) is 1.99. The summed E-state index contributed by atoms with van der Waals surface area (Å²) in [5.74, 6) is 0. The minimum absolute atomic E-state index is 0.378. The fourth-order valence-electron chi connectivity index (χ4n) is 1.61. The van der Waals surface area contributed by atoms with Crippen LogP contribution in [0.3, 0.4) is 0 Å². The zero-order chi connectivity index (χ0) is 11.8. The Bertz CT molecular complexity index is 325.